The topological polar surface area (TPSA) is 81.7 Å². The molecule has 0 saturated carbocycles. The Morgan fingerprint density at radius 2 is 2.18 bits per heavy atom. The van der Waals surface area contributed by atoms with Crippen molar-refractivity contribution in [1.29, 1.82) is 0 Å². The van der Waals surface area contributed by atoms with Crippen LogP contribution in [0.15, 0.2) is 23.3 Å². The van der Waals surface area contributed by atoms with Crippen molar-refractivity contribution in [2.75, 3.05) is 38.0 Å². The Hall–Kier alpha value is -2.52. The molecule has 1 aliphatic rings. The summed E-state index contributed by atoms with van der Waals surface area (Å²) in [5.74, 6) is 0.510. The molecule has 0 radical (unpaired) electrons. The molecule has 0 aromatic carbocycles. The van der Waals surface area contributed by atoms with Crippen LogP contribution in [0.1, 0.15) is 32.3 Å². The van der Waals surface area contributed by atoms with E-state index in [4.69, 9.17) is 0 Å². The zero-order valence-corrected chi connectivity index (χ0v) is 16.1. The molecular formula is C18H27F3N6O. The van der Waals surface area contributed by atoms with E-state index in [1.54, 1.807) is 0 Å². The molecule has 1 unspecified atom stereocenters. The number of pyridine rings is 1. The third-order valence-electron chi connectivity index (χ3n) is 4.32. The second-order valence-electron chi connectivity index (χ2n) is 6.41. The zero-order chi connectivity index (χ0) is 20.6. The van der Waals surface area contributed by atoms with Crippen molar-refractivity contribution in [3.05, 3.63) is 23.9 Å². The van der Waals surface area contributed by atoms with Gasteiger partial charge in [-0.15, -0.1) is 0 Å². The van der Waals surface area contributed by atoms with Gasteiger partial charge in [0.1, 0.15) is 5.82 Å². The molecule has 0 bridgehead atoms. The average Bonchev–Trinajstić information content (AvgIpc) is 3.12. The summed E-state index contributed by atoms with van der Waals surface area (Å²) in [4.78, 5) is 21.8. The standard InChI is InChI=1S/C18H27F3N6O/c1-3-15(28)27-11-7-13(12-27)26-17(22-4-2)25-10-9-24-16-14(18(19,20)21)6-5-8-23-16/h5-6,8,13H,3-4,7,9-12H2,1-2H3,(H,23,24)(H2,22,25,26). The van der Waals surface area contributed by atoms with Gasteiger partial charge in [0, 0.05) is 44.8 Å². The van der Waals surface area contributed by atoms with E-state index < -0.39 is 11.7 Å². The van der Waals surface area contributed by atoms with Gasteiger partial charge in [-0.2, -0.15) is 13.2 Å². The molecule has 10 heteroatoms. The van der Waals surface area contributed by atoms with Gasteiger partial charge in [-0.1, -0.05) is 6.92 Å². The maximum Gasteiger partial charge on any atom is 0.419 e. The molecule has 1 aromatic heterocycles. The van der Waals surface area contributed by atoms with Crippen LogP contribution in [-0.4, -0.2) is 60.5 Å². The first-order chi connectivity index (χ1) is 13.3. The minimum absolute atomic E-state index is 0.105. The van der Waals surface area contributed by atoms with E-state index in [1.807, 2.05) is 18.7 Å². The highest BCUT2D eigenvalue weighted by Crippen LogP contribution is 2.33. The summed E-state index contributed by atoms with van der Waals surface area (Å²) in [7, 11) is 0. The number of aromatic nitrogens is 1. The van der Waals surface area contributed by atoms with Crippen molar-refractivity contribution in [1.82, 2.24) is 20.5 Å². The number of nitrogens with one attached hydrogen (secondary N) is 3. The molecule has 1 aromatic rings. The number of hydrogen-bond donors (Lipinski definition) is 3. The van der Waals surface area contributed by atoms with Crippen LogP contribution in [-0.2, 0) is 11.0 Å². The first-order valence-corrected chi connectivity index (χ1v) is 9.43. The Balaban J connectivity index is 1.88. The van der Waals surface area contributed by atoms with Crippen LogP contribution < -0.4 is 16.0 Å². The van der Waals surface area contributed by atoms with Gasteiger partial charge in [0.05, 0.1) is 12.1 Å². The summed E-state index contributed by atoms with van der Waals surface area (Å²) >= 11 is 0. The van der Waals surface area contributed by atoms with E-state index in [2.05, 4.69) is 25.9 Å². The van der Waals surface area contributed by atoms with Crippen LogP contribution in [0.2, 0.25) is 0 Å². The summed E-state index contributed by atoms with van der Waals surface area (Å²) in [5, 5.41) is 9.09. The molecule has 1 amide bonds. The van der Waals surface area contributed by atoms with Gasteiger partial charge in [-0.05, 0) is 25.5 Å². The predicted octanol–water partition coefficient (Wildman–Crippen LogP) is 2.08. The number of hydrogen-bond acceptors (Lipinski definition) is 4. The van der Waals surface area contributed by atoms with E-state index in [-0.39, 0.29) is 30.9 Å². The SMILES string of the molecule is CCNC(=NCCNc1ncccc1C(F)(F)F)NC1CCN(C(=O)CC)C1. The number of rotatable bonds is 7. The minimum atomic E-state index is -4.46. The van der Waals surface area contributed by atoms with E-state index in [0.29, 0.717) is 32.0 Å². The van der Waals surface area contributed by atoms with Crippen molar-refractivity contribution in [2.45, 2.75) is 38.9 Å². The van der Waals surface area contributed by atoms with E-state index in [9.17, 15) is 18.0 Å². The van der Waals surface area contributed by atoms with Gasteiger partial charge in [0.2, 0.25) is 5.91 Å². The van der Waals surface area contributed by atoms with Gasteiger partial charge in [0.25, 0.3) is 0 Å². The molecule has 1 fully saturated rings. The number of anilines is 1. The summed E-state index contributed by atoms with van der Waals surface area (Å²) in [5.41, 5.74) is -0.796. The van der Waals surface area contributed by atoms with Gasteiger partial charge in [0.15, 0.2) is 5.96 Å². The lowest BCUT2D eigenvalue weighted by molar-refractivity contribution is -0.137. The van der Waals surface area contributed by atoms with Gasteiger partial charge in [-0.3, -0.25) is 9.79 Å². The number of amides is 1. The predicted molar refractivity (Wildman–Crippen MR) is 102 cm³/mol. The number of nitrogens with zero attached hydrogens (tertiary/aromatic N) is 3. The second-order valence-corrected chi connectivity index (χ2v) is 6.41. The van der Waals surface area contributed by atoms with Gasteiger partial charge < -0.3 is 20.9 Å². The van der Waals surface area contributed by atoms with Crippen molar-refractivity contribution >= 4 is 17.7 Å². The number of halogens is 3. The number of likely N-dealkylation sites (tertiary alicyclic amines) is 1. The van der Waals surface area contributed by atoms with Crippen LogP contribution in [0.3, 0.4) is 0 Å². The average molecular weight is 400 g/mol. The number of carbonyl (C=O) groups excluding carboxylic acids is 1. The summed E-state index contributed by atoms with van der Waals surface area (Å²) in [6.45, 7) is 6.24. The maximum atomic E-state index is 13.0. The van der Waals surface area contributed by atoms with Crippen molar-refractivity contribution in [3.63, 3.8) is 0 Å². The lowest BCUT2D eigenvalue weighted by Crippen LogP contribution is -2.45. The monoisotopic (exact) mass is 400 g/mol. The molecule has 28 heavy (non-hydrogen) atoms. The van der Waals surface area contributed by atoms with Gasteiger partial charge >= 0.3 is 6.18 Å². The fourth-order valence-electron chi connectivity index (χ4n) is 2.96. The molecule has 3 N–H and O–H groups in total. The summed E-state index contributed by atoms with van der Waals surface area (Å²) in [6, 6.07) is 2.36. The number of alkyl halides is 3. The molecular weight excluding hydrogens is 373 g/mol. The van der Waals surface area contributed by atoms with E-state index in [0.717, 1.165) is 12.5 Å². The fourth-order valence-corrected chi connectivity index (χ4v) is 2.96. The Bertz CT molecular complexity index is 680. The van der Waals surface area contributed by atoms with E-state index >= 15 is 0 Å². The second kappa shape index (κ2) is 10.1. The van der Waals surface area contributed by atoms with Crippen LogP contribution in [0, 0.1) is 0 Å². The summed E-state index contributed by atoms with van der Waals surface area (Å²) in [6.07, 6.45) is -1.83. The highest BCUT2D eigenvalue weighted by molar-refractivity contribution is 5.80. The highest BCUT2D eigenvalue weighted by atomic mass is 19.4. The molecule has 7 nitrogen and oxygen atoms in total. The quantitative estimate of drug-likeness (QED) is 0.371. The number of aliphatic imine (C=N–C) groups is 1. The summed E-state index contributed by atoms with van der Waals surface area (Å²) < 4.78 is 38.9. The number of carbonyl (C=O) groups is 1. The molecule has 0 spiro atoms. The lowest BCUT2D eigenvalue weighted by atomic mass is 10.2. The molecule has 1 saturated heterocycles. The normalized spacial score (nSPS) is 17.5. The first kappa shape index (κ1) is 21.8. The Morgan fingerprint density at radius 3 is 2.86 bits per heavy atom. The minimum Gasteiger partial charge on any atom is -0.368 e. The molecule has 0 aliphatic carbocycles. The maximum absolute atomic E-state index is 13.0. The molecule has 2 heterocycles. The number of guanidine groups is 1. The Morgan fingerprint density at radius 1 is 1.39 bits per heavy atom. The van der Waals surface area contributed by atoms with Crippen LogP contribution >= 0.6 is 0 Å². The largest absolute Gasteiger partial charge is 0.419 e. The first-order valence-electron chi connectivity index (χ1n) is 9.43. The Labute approximate surface area is 162 Å². The van der Waals surface area contributed by atoms with Crippen molar-refractivity contribution in [3.8, 4) is 0 Å². The lowest BCUT2D eigenvalue weighted by Gasteiger charge is -2.18. The highest BCUT2D eigenvalue weighted by Gasteiger charge is 2.34. The van der Waals surface area contributed by atoms with Crippen molar-refractivity contribution in [2.24, 2.45) is 4.99 Å². The van der Waals surface area contributed by atoms with Crippen LogP contribution in [0.25, 0.3) is 0 Å². The third kappa shape index (κ3) is 6.28. The third-order valence-corrected chi connectivity index (χ3v) is 4.32. The van der Waals surface area contributed by atoms with Crippen LogP contribution in [0.4, 0.5) is 19.0 Å². The molecule has 1 atom stereocenters. The van der Waals surface area contributed by atoms with Crippen molar-refractivity contribution < 1.29 is 18.0 Å². The Kier molecular flexibility index (Phi) is 7.89. The smallest absolute Gasteiger partial charge is 0.368 e. The molecule has 156 valence electrons. The van der Waals surface area contributed by atoms with Gasteiger partial charge in [-0.25, -0.2) is 4.98 Å². The van der Waals surface area contributed by atoms with Crippen LogP contribution in [0.5, 0.6) is 0 Å². The zero-order valence-electron chi connectivity index (χ0n) is 16.1. The molecule has 2 rings (SSSR count). The molecule has 1 aliphatic heterocycles. The van der Waals surface area contributed by atoms with E-state index in [1.165, 1.54) is 12.3 Å². The fraction of sp³-hybridized carbons (Fsp3) is 0.611.